The molecule has 0 aromatic carbocycles. The summed E-state index contributed by atoms with van der Waals surface area (Å²) in [6.07, 6.45) is 5.50. The number of nitrogens with zero attached hydrogens (tertiary/aromatic N) is 2. The van der Waals surface area contributed by atoms with Crippen LogP contribution in [0.15, 0.2) is 18.5 Å². The van der Waals surface area contributed by atoms with Gasteiger partial charge in [0, 0.05) is 12.2 Å². The molecule has 1 saturated heterocycles. The van der Waals surface area contributed by atoms with E-state index in [1.54, 1.807) is 12.3 Å². The normalized spacial score (nSPS) is 19.5. The zero-order valence-electron chi connectivity index (χ0n) is 11.9. The van der Waals surface area contributed by atoms with Crippen LogP contribution in [0.5, 0.6) is 0 Å². The third-order valence-electron chi connectivity index (χ3n) is 4.09. The molecule has 1 N–H and O–H groups in total. The van der Waals surface area contributed by atoms with Crippen LogP contribution in [0, 0.1) is 11.7 Å². The molecule has 0 amide bonds. The third kappa shape index (κ3) is 4.25. The molecule has 1 atom stereocenters. The van der Waals surface area contributed by atoms with E-state index in [2.05, 4.69) is 29.0 Å². The molecule has 1 unspecified atom stereocenters. The molecule has 4 heteroatoms. The van der Waals surface area contributed by atoms with Crippen molar-refractivity contribution in [1.82, 2.24) is 15.2 Å². The molecule has 0 radical (unpaired) electrons. The Balaban J connectivity index is 1.76. The highest BCUT2D eigenvalue weighted by Crippen LogP contribution is 2.18. The minimum absolute atomic E-state index is 0.160. The van der Waals surface area contributed by atoms with E-state index in [1.807, 2.05) is 0 Å². The van der Waals surface area contributed by atoms with Crippen molar-refractivity contribution in [3.05, 3.63) is 29.8 Å². The smallest absolute Gasteiger partial charge is 0.141 e. The van der Waals surface area contributed by atoms with Crippen molar-refractivity contribution in [3.8, 4) is 0 Å². The monoisotopic (exact) mass is 265 g/mol. The molecule has 1 fully saturated rings. The topological polar surface area (TPSA) is 28.2 Å². The standard InChI is InChI=1S/C15H24FN3/c1-3-19-6-4-13(5-7-19)9-18-12(2)14-8-15(16)11-17-10-14/h8,10-13,18H,3-7,9H2,1-2H3. The van der Waals surface area contributed by atoms with Gasteiger partial charge in [0.15, 0.2) is 0 Å². The van der Waals surface area contributed by atoms with E-state index in [0.29, 0.717) is 0 Å². The molecule has 1 aromatic rings. The number of pyridine rings is 1. The van der Waals surface area contributed by atoms with Crippen molar-refractivity contribution in [3.63, 3.8) is 0 Å². The number of piperidine rings is 1. The van der Waals surface area contributed by atoms with E-state index < -0.39 is 0 Å². The number of halogens is 1. The number of likely N-dealkylation sites (tertiary alicyclic amines) is 1. The van der Waals surface area contributed by atoms with Gasteiger partial charge in [-0.2, -0.15) is 0 Å². The van der Waals surface area contributed by atoms with E-state index in [0.717, 1.165) is 24.6 Å². The molecule has 3 nitrogen and oxygen atoms in total. The van der Waals surface area contributed by atoms with Gasteiger partial charge in [0.2, 0.25) is 0 Å². The molecular formula is C15H24FN3. The second-order valence-electron chi connectivity index (χ2n) is 5.44. The van der Waals surface area contributed by atoms with E-state index in [1.165, 1.54) is 32.1 Å². The van der Waals surface area contributed by atoms with Gasteiger partial charge in [0.25, 0.3) is 0 Å². The Morgan fingerprint density at radius 2 is 2.16 bits per heavy atom. The second-order valence-corrected chi connectivity index (χ2v) is 5.44. The number of hydrogen-bond acceptors (Lipinski definition) is 3. The van der Waals surface area contributed by atoms with Crippen molar-refractivity contribution in [2.75, 3.05) is 26.2 Å². The summed E-state index contributed by atoms with van der Waals surface area (Å²) < 4.78 is 13.1. The average molecular weight is 265 g/mol. The zero-order valence-corrected chi connectivity index (χ0v) is 11.9. The lowest BCUT2D eigenvalue weighted by molar-refractivity contribution is 0.188. The first-order valence-electron chi connectivity index (χ1n) is 7.25. The molecule has 2 rings (SSSR count). The van der Waals surface area contributed by atoms with Gasteiger partial charge in [-0.1, -0.05) is 6.92 Å². The maximum Gasteiger partial charge on any atom is 0.141 e. The van der Waals surface area contributed by atoms with E-state index in [9.17, 15) is 4.39 Å². The van der Waals surface area contributed by atoms with Crippen LogP contribution >= 0.6 is 0 Å². The minimum atomic E-state index is -0.262. The summed E-state index contributed by atoms with van der Waals surface area (Å²) in [6, 6.07) is 1.72. The van der Waals surface area contributed by atoms with Crippen LogP contribution in [-0.2, 0) is 0 Å². The minimum Gasteiger partial charge on any atom is -0.310 e. The molecule has 0 aliphatic carbocycles. The fourth-order valence-corrected chi connectivity index (χ4v) is 2.63. The molecule has 1 aliphatic heterocycles. The van der Waals surface area contributed by atoms with Gasteiger partial charge in [-0.3, -0.25) is 4.98 Å². The summed E-state index contributed by atoms with van der Waals surface area (Å²) in [4.78, 5) is 6.40. The number of rotatable bonds is 5. The molecule has 2 heterocycles. The van der Waals surface area contributed by atoms with Gasteiger partial charge in [-0.15, -0.1) is 0 Å². The van der Waals surface area contributed by atoms with Crippen molar-refractivity contribution < 1.29 is 4.39 Å². The molecule has 0 bridgehead atoms. The quantitative estimate of drug-likeness (QED) is 0.887. The fourth-order valence-electron chi connectivity index (χ4n) is 2.63. The van der Waals surface area contributed by atoms with Crippen LogP contribution < -0.4 is 5.32 Å². The predicted octanol–water partition coefficient (Wildman–Crippen LogP) is 2.60. The maximum atomic E-state index is 13.1. The van der Waals surface area contributed by atoms with Crippen LogP contribution in [0.2, 0.25) is 0 Å². The Morgan fingerprint density at radius 1 is 1.42 bits per heavy atom. The lowest BCUT2D eigenvalue weighted by Crippen LogP contribution is -2.37. The number of aromatic nitrogens is 1. The third-order valence-corrected chi connectivity index (χ3v) is 4.09. The lowest BCUT2D eigenvalue weighted by Gasteiger charge is -2.31. The molecule has 1 aromatic heterocycles. The summed E-state index contributed by atoms with van der Waals surface area (Å²) >= 11 is 0. The molecule has 106 valence electrons. The van der Waals surface area contributed by atoms with Crippen molar-refractivity contribution >= 4 is 0 Å². The Labute approximate surface area is 115 Å². The van der Waals surface area contributed by atoms with E-state index in [4.69, 9.17) is 0 Å². The van der Waals surface area contributed by atoms with Crippen LogP contribution in [0.3, 0.4) is 0 Å². The highest BCUT2D eigenvalue weighted by molar-refractivity contribution is 5.14. The Hall–Kier alpha value is -1.00. The highest BCUT2D eigenvalue weighted by atomic mass is 19.1. The molecule has 1 aliphatic rings. The highest BCUT2D eigenvalue weighted by Gasteiger charge is 2.18. The predicted molar refractivity (Wildman–Crippen MR) is 75.5 cm³/mol. The summed E-state index contributed by atoms with van der Waals surface area (Å²) in [5.74, 6) is 0.481. The largest absolute Gasteiger partial charge is 0.310 e. The van der Waals surface area contributed by atoms with Crippen LogP contribution in [0.25, 0.3) is 0 Å². The van der Waals surface area contributed by atoms with E-state index in [-0.39, 0.29) is 11.9 Å². The van der Waals surface area contributed by atoms with Crippen molar-refractivity contribution in [2.24, 2.45) is 5.92 Å². The van der Waals surface area contributed by atoms with Crippen LogP contribution in [0.1, 0.15) is 38.3 Å². The molecule has 0 spiro atoms. The first-order valence-corrected chi connectivity index (χ1v) is 7.25. The van der Waals surface area contributed by atoms with Gasteiger partial charge in [0.05, 0.1) is 6.20 Å². The lowest BCUT2D eigenvalue weighted by atomic mass is 9.96. The fraction of sp³-hybridized carbons (Fsp3) is 0.667. The first-order chi connectivity index (χ1) is 9.19. The van der Waals surface area contributed by atoms with E-state index >= 15 is 0 Å². The first kappa shape index (κ1) is 14.4. The summed E-state index contributed by atoms with van der Waals surface area (Å²) in [7, 11) is 0. The van der Waals surface area contributed by atoms with Gasteiger partial charge >= 0.3 is 0 Å². The average Bonchev–Trinajstić information content (AvgIpc) is 2.45. The van der Waals surface area contributed by atoms with Gasteiger partial charge in [-0.05, 0) is 63.5 Å². The summed E-state index contributed by atoms with van der Waals surface area (Å²) in [5.41, 5.74) is 0.922. The number of nitrogens with one attached hydrogen (secondary N) is 1. The summed E-state index contributed by atoms with van der Waals surface area (Å²) in [6.45, 7) is 8.87. The second kappa shape index (κ2) is 6.96. The maximum absolute atomic E-state index is 13.1. The summed E-state index contributed by atoms with van der Waals surface area (Å²) in [5, 5.41) is 3.50. The zero-order chi connectivity index (χ0) is 13.7. The Bertz CT molecular complexity index is 389. The van der Waals surface area contributed by atoms with Crippen LogP contribution in [0.4, 0.5) is 4.39 Å². The number of hydrogen-bond donors (Lipinski definition) is 1. The van der Waals surface area contributed by atoms with Crippen molar-refractivity contribution in [1.29, 1.82) is 0 Å². The van der Waals surface area contributed by atoms with Crippen molar-refractivity contribution in [2.45, 2.75) is 32.7 Å². The van der Waals surface area contributed by atoms with Gasteiger partial charge < -0.3 is 10.2 Å². The van der Waals surface area contributed by atoms with Crippen LogP contribution in [-0.4, -0.2) is 36.1 Å². The Kier molecular flexibility index (Phi) is 5.28. The molecule has 0 saturated carbocycles. The SMILES string of the molecule is CCN1CCC(CNC(C)c2cncc(F)c2)CC1. The van der Waals surface area contributed by atoms with Gasteiger partial charge in [-0.25, -0.2) is 4.39 Å². The Morgan fingerprint density at radius 3 is 2.79 bits per heavy atom. The molecule has 19 heavy (non-hydrogen) atoms. The molecular weight excluding hydrogens is 241 g/mol. The van der Waals surface area contributed by atoms with Gasteiger partial charge in [0.1, 0.15) is 5.82 Å².